The van der Waals surface area contributed by atoms with E-state index in [2.05, 4.69) is 6.07 Å². The Morgan fingerprint density at radius 1 is 1.00 bits per heavy atom. The molecule has 0 saturated heterocycles. The van der Waals surface area contributed by atoms with Crippen molar-refractivity contribution in [2.75, 3.05) is 12.8 Å². The first-order valence-electron chi connectivity index (χ1n) is 9.42. The molecule has 0 fully saturated rings. The number of nitrogens with two attached hydrogens (primary N) is 2. The Morgan fingerprint density at radius 2 is 1.80 bits per heavy atom. The van der Waals surface area contributed by atoms with Crippen molar-refractivity contribution in [1.29, 1.82) is 5.26 Å². The number of nitriles is 1. The van der Waals surface area contributed by atoms with Crippen LogP contribution in [0, 0.1) is 11.3 Å². The number of hydrogen-bond donors (Lipinski definition) is 2. The molecule has 1 unspecified atom stereocenters. The van der Waals surface area contributed by atoms with Gasteiger partial charge < -0.3 is 25.7 Å². The molecule has 150 valence electrons. The average molecular weight is 399 g/mol. The lowest BCUT2D eigenvalue weighted by atomic mass is 9.83. The maximum absolute atomic E-state index is 9.75. The van der Waals surface area contributed by atoms with E-state index in [9.17, 15) is 5.26 Å². The summed E-state index contributed by atoms with van der Waals surface area (Å²) in [7, 11) is 1.59. The molecule has 3 aromatic rings. The summed E-state index contributed by atoms with van der Waals surface area (Å²) in [6, 6.07) is 23.0. The van der Waals surface area contributed by atoms with Gasteiger partial charge in [0.1, 0.15) is 24.0 Å². The molecule has 0 bridgehead atoms. The van der Waals surface area contributed by atoms with E-state index >= 15 is 0 Å². The molecule has 0 amide bonds. The maximum Gasteiger partial charge on any atom is 0.205 e. The fraction of sp³-hybridized carbons (Fsp3) is 0.125. The number of fused-ring (bicyclic) bond motifs is 1. The first kappa shape index (κ1) is 19.2. The molecular formula is C24H21N3O3. The molecule has 1 aliphatic rings. The Kier molecular flexibility index (Phi) is 5.19. The van der Waals surface area contributed by atoms with E-state index in [4.69, 9.17) is 25.7 Å². The van der Waals surface area contributed by atoms with Gasteiger partial charge >= 0.3 is 0 Å². The zero-order chi connectivity index (χ0) is 21.1. The van der Waals surface area contributed by atoms with Gasteiger partial charge in [0.25, 0.3) is 0 Å². The summed E-state index contributed by atoms with van der Waals surface area (Å²) in [5.41, 5.74) is 15.5. The van der Waals surface area contributed by atoms with E-state index in [1.165, 1.54) is 0 Å². The summed E-state index contributed by atoms with van der Waals surface area (Å²) in [5.74, 6) is 1.40. The molecule has 0 spiro atoms. The van der Waals surface area contributed by atoms with Crippen LogP contribution >= 0.6 is 0 Å². The van der Waals surface area contributed by atoms with Gasteiger partial charge in [-0.1, -0.05) is 42.5 Å². The van der Waals surface area contributed by atoms with Crippen molar-refractivity contribution < 1.29 is 14.2 Å². The Hall–Kier alpha value is -4.11. The first-order valence-corrected chi connectivity index (χ1v) is 9.42. The number of benzene rings is 3. The molecule has 6 nitrogen and oxygen atoms in total. The van der Waals surface area contributed by atoms with Gasteiger partial charge in [-0.25, -0.2) is 0 Å². The number of ether oxygens (including phenoxy) is 3. The van der Waals surface area contributed by atoms with Crippen LogP contribution in [0.25, 0.3) is 0 Å². The van der Waals surface area contributed by atoms with E-state index in [1.807, 2.05) is 54.6 Å². The van der Waals surface area contributed by atoms with Crippen molar-refractivity contribution in [3.63, 3.8) is 0 Å². The SMILES string of the molecule is COc1ccc(C2C(C#N)=C(N)Oc3cc(N)ccc32)cc1OCc1ccccc1. The molecular weight excluding hydrogens is 378 g/mol. The molecule has 3 aromatic carbocycles. The largest absolute Gasteiger partial charge is 0.493 e. The second kappa shape index (κ2) is 8.10. The van der Waals surface area contributed by atoms with E-state index in [-0.39, 0.29) is 5.88 Å². The highest BCUT2D eigenvalue weighted by molar-refractivity contribution is 5.60. The molecule has 4 rings (SSSR count). The molecule has 0 radical (unpaired) electrons. The fourth-order valence-electron chi connectivity index (χ4n) is 3.54. The summed E-state index contributed by atoms with van der Waals surface area (Å²) in [6.07, 6.45) is 0. The minimum absolute atomic E-state index is 0.0724. The summed E-state index contributed by atoms with van der Waals surface area (Å²) in [4.78, 5) is 0. The predicted molar refractivity (Wildman–Crippen MR) is 114 cm³/mol. The van der Waals surface area contributed by atoms with Gasteiger partial charge in [-0.05, 0) is 29.3 Å². The maximum atomic E-state index is 9.75. The van der Waals surface area contributed by atoms with Crippen LogP contribution < -0.4 is 25.7 Å². The Labute approximate surface area is 174 Å². The number of rotatable bonds is 5. The lowest BCUT2D eigenvalue weighted by Crippen LogP contribution is -2.21. The lowest BCUT2D eigenvalue weighted by molar-refractivity contribution is 0.284. The van der Waals surface area contributed by atoms with Crippen LogP contribution in [0.2, 0.25) is 0 Å². The van der Waals surface area contributed by atoms with Crippen molar-refractivity contribution >= 4 is 5.69 Å². The molecule has 4 N–H and O–H groups in total. The second-order valence-corrected chi connectivity index (χ2v) is 6.91. The summed E-state index contributed by atoms with van der Waals surface area (Å²) in [5, 5.41) is 9.75. The van der Waals surface area contributed by atoms with Gasteiger partial charge in [0.15, 0.2) is 11.5 Å². The zero-order valence-corrected chi connectivity index (χ0v) is 16.5. The Balaban J connectivity index is 1.75. The van der Waals surface area contributed by atoms with Crippen LogP contribution in [0.3, 0.4) is 0 Å². The number of anilines is 1. The number of methoxy groups -OCH3 is 1. The molecule has 30 heavy (non-hydrogen) atoms. The monoisotopic (exact) mass is 399 g/mol. The minimum atomic E-state index is -0.399. The highest BCUT2D eigenvalue weighted by atomic mass is 16.5. The van der Waals surface area contributed by atoms with Crippen LogP contribution in [-0.2, 0) is 6.61 Å². The van der Waals surface area contributed by atoms with Crippen LogP contribution in [0.5, 0.6) is 17.2 Å². The van der Waals surface area contributed by atoms with Crippen LogP contribution in [0.4, 0.5) is 5.69 Å². The number of nitrogen functional groups attached to an aromatic ring is 1. The Morgan fingerprint density at radius 3 is 2.53 bits per heavy atom. The third-order valence-electron chi connectivity index (χ3n) is 5.00. The van der Waals surface area contributed by atoms with Gasteiger partial charge in [0.2, 0.25) is 5.88 Å². The quantitative estimate of drug-likeness (QED) is 0.627. The fourth-order valence-corrected chi connectivity index (χ4v) is 3.54. The van der Waals surface area contributed by atoms with Gasteiger partial charge in [0, 0.05) is 17.3 Å². The number of nitrogens with zero attached hydrogens (tertiary/aromatic N) is 1. The molecule has 0 saturated carbocycles. The molecule has 0 aliphatic carbocycles. The highest BCUT2D eigenvalue weighted by Gasteiger charge is 2.31. The van der Waals surface area contributed by atoms with Crippen LogP contribution in [0.1, 0.15) is 22.6 Å². The first-order chi connectivity index (χ1) is 14.6. The van der Waals surface area contributed by atoms with E-state index < -0.39 is 5.92 Å². The Bertz CT molecular complexity index is 1150. The van der Waals surface area contributed by atoms with Crippen molar-refractivity contribution in [2.45, 2.75) is 12.5 Å². The van der Waals surface area contributed by atoms with E-state index in [0.717, 1.165) is 16.7 Å². The van der Waals surface area contributed by atoms with Crippen molar-refractivity contribution in [3.8, 4) is 23.3 Å². The van der Waals surface area contributed by atoms with Gasteiger partial charge in [0.05, 0.1) is 13.0 Å². The number of hydrogen-bond acceptors (Lipinski definition) is 6. The summed E-state index contributed by atoms with van der Waals surface area (Å²) >= 11 is 0. The van der Waals surface area contributed by atoms with Crippen molar-refractivity contribution in [3.05, 3.63) is 94.9 Å². The topological polar surface area (TPSA) is 104 Å². The highest BCUT2D eigenvalue weighted by Crippen LogP contribution is 2.44. The molecule has 1 atom stereocenters. The summed E-state index contributed by atoms with van der Waals surface area (Å²) in [6.45, 7) is 0.393. The van der Waals surface area contributed by atoms with Crippen LogP contribution in [-0.4, -0.2) is 7.11 Å². The molecule has 6 heteroatoms. The molecule has 1 heterocycles. The van der Waals surface area contributed by atoms with Gasteiger partial charge in [-0.3, -0.25) is 0 Å². The number of allylic oxidation sites excluding steroid dienone is 1. The average Bonchev–Trinajstić information content (AvgIpc) is 2.77. The third kappa shape index (κ3) is 3.61. The van der Waals surface area contributed by atoms with Crippen molar-refractivity contribution in [1.82, 2.24) is 0 Å². The molecule has 1 aliphatic heterocycles. The third-order valence-corrected chi connectivity index (χ3v) is 5.00. The lowest BCUT2D eigenvalue weighted by Gasteiger charge is -2.27. The van der Waals surface area contributed by atoms with Gasteiger partial charge in [-0.15, -0.1) is 0 Å². The standard InChI is InChI=1S/C24H21N3O3/c1-28-20-10-7-16(11-22(20)29-14-15-5-3-2-4-6-15)23-18-9-8-17(26)12-21(18)30-24(27)19(23)13-25/h2-12,23H,14,26-27H2,1H3. The van der Waals surface area contributed by atoms with Gasteiger partial charge in [-0.2, -0.15) is 5.26 Å². The second-order valence-electron chi connectivity index (χ2n) is 6.91. The smallest absolute Gasteiger partial charge is 0.205 e. The predicted octanol–water partition coefficient (Wildman–Crippen LogP) is 4.07. The van der Waals surface area contributed by atoms with Crippen LogP contribution in [0.15, 0.2) is 78.2 Å². The molecule has 0 aromatic heterocycles. The van der Waals surface area contributed by atoms with Crippen molar-refractivity contribution in [2.24, 2.45) is 5.73 Å². The zero-order valence-electron chi connectivity index (χ0n) is 16.5. The minimum Gasteiger partial charge on any atom is -0.493 e. The summed E-state index contributed by atoms with van der Waals surface area (Å²) < 4.78 is 17.2. The normalized spacial score (nSPS) is 15.0. The van der Waals surface area contributed by atoms with E-state index in [0.29, 0.717) is 35.1 Å². The van der Waals surface area contributed by atoms with E-state index in [1.54, 1.807) is 19.2 Å².